The lowest BCUT2D eigenvalue weighted by Gasteiger charge is -2.36. The summed E-state index contributed by atoms with van der Waals surface area (Å²) >= 11 is 0. The molecule has 0 atom stereocenters. The highest BCUT2D eigenvalue weighted by Gasteiger charge is 2.34. The highest BCUT2D eigenvalue weighted by molar-refractivity contribution is 5.91. The summed E-state index contributed by atoms with van der Waals surface area (Å²) in [7, 11) is 0. The third-order valence-electron chi connectivity index (χ3n) is 3.90. The largest absolute Gasteiger partial charge is 0.417 e. The van der Waals surface area contributed by atoms with Gasteiger partial charge in [0.2, 0.25) is 0 Å². The Balaban J connectivity index is 1.67. The SMILES string of the molecule is O=C(NCC1(O)CCC1)c1cn(-c2ccc(C(F)(F)F)cn2)nn1. The van der Waals surface area contributed by atoms with Crippen LogP contribution in [0.15, 0.2) is 24.5 Å². The van der Waals surface area contributed by atoms with Crippen LogP contribution in [0.5, 0.6) is 0 Å². The van der Waals surface area contributed by atoms with E-state index in [-0.39, 0.29) is 18.1 Å². The molecule has 2 aromatic rings. The van der Waals surface area contributed by atoms with Gasteiger partial charge in [0, 0.05) is 12.7 Å². The average molecular weight is 341 g/mol. The van der Waals surface area contributed by atoms with E-state index in [0.717, 1.165) is 23.2 Å². The molecule has 1 fully saturated rings. The van der Waals surface area contributed by atoms with E-state index in [1.54, 1.807) is 0 Å². The van der Waals surface area contributed by atoms with Crippen molar-refractivity contribution in [2.24, 2.45) is 0 Å². The Labute approximate surface area is 134 Å². The fourth-order valence-corrected chi connectivity index (χ4v) is 2.27. The van der Waals surface area contributed by atoms with Crippen molar-refractivity contribution in [2.75, 3.05) is 6.54 Å². The third kappa shape index (κ3) is 3.37. The van der Waals surface area contributed by atoms with Gasteiger partial charge in [0.05, 0.1) is 17.4 Å². The summed E-state index contributed by atoms with van der Waals surface area (Å²) < 4.78 is 38.6. The van der Waals surface area contributed by atoms with Crippen molar-refractivity contribution in [3.05, 3.63) is 35.8 Å². The van der Waals surface area contributed by atoms with Crippen molar-refractivity contribution in [3.8, 4) is 5.82 Å². The number of hydrogen-bond donors (Lipinski definition) is 2. The first-order chi connectivity index (χ1) is 11.3. The number of rotatable bonds is 4. The molecule has 0 radical (unpaired) electrons. The Morgan fingerprint density at radius 1 is 1.38 bits per heavy atom. The number of alkyl halides is 3. The molecule has 0 unspecified atom stereocenters. The normalized spacial score (nSPS) is 16.5. The van der Waals surface area contributed by atoms with Gasteiger partial charge in [0.15, 0.2) is 11.5 Å². The number of carbonyl (C=O) groups excluding carboxylic acids is 1. The number of aromatic nitrogens is 4. The van der Waals surface area contributed by atoms with Crippen LogP contribution in [0.2, 0.25) is 0 Å². The Morgan fingerprint density at radius 3 is 2.67 bits per heavy atom. The molecular weight excluding hydrogens is 327 g/mol. The van der Waals surface area contributed by atoms with E-state index in [4.69, 9.17) is 0 Å². The van der Waals surface area contributed by atoms with E-state index >= 15 is 0 Å². The van der Waals surface area contributed by atoms with Crippen LogP contribution in [-0.4, -0.2) is 43.1 Å². The van der Waals surface area contributed by atoms with Crippen molar-refractivity contribution in [2.45, 2.75) is 31.0 Å². The second-order valence-corrected chi connectivity index (χ2v) is 5.71. The summed E-state index contributed by atoms with van der Waals surface area (Å²) in [6.45, 7) is 0.122. The van der Waals surface area contributed by atoms with Crippen molar-refractivity contribution >= 4 is 5.91 Å². The van der Waals surface area contributed by atoms with Gasteiger partial charge in [-0.1, -0.05) is 5.21 Å². The van der Waals surface area contributed by atoms with Gasteiger partial charge in [0.25, 0.3) is 5.91 Å². The molecule has 1 aliphatic rings. The van der Waals surface area contributed by atoms with Crippen molar-refractivity contribution in [1.82, 2.24) is 25.3 Å². The first-order valence-electron chi connectivity index (χ1n) is 7.23. The first kappa shape index (κ1) is 16.4. The Kier molecular flexibility index (Phi) is 3.99. The maximum Gasteiger partial charge on any atom is 0.417 e. The van der Waals surface area contributed by atoms with Crippen LogP contribution in [-0.2, 0) is 6.18 Å². The summed E-state index contributed by atoms with van der Waals surface area (Å²) in [4.78, 5) is 15.6. The lowest BCUT2D eigenvalue weighted by molar-refractivity contribution is -0.137. The number of halogens is 3. The molecule has 1 aliphatic carbocycles. The van der Waals surface area contributed by atoms with Gasteiger partial charge in [-0.15, -0.1) is 5.10 Å². The van der Waals surface area contributed by atoms with E-state index in [9.17, 15) is 23.1 Å². The van der Waals surface area contributed by atoms with Crippen molar-refractivity contribution < 1.29 is 23.1 Å². The maximum absolute atomic E-state index is 12.5. The molecule has 7 nitrogen and oxygen atoms in total. The van der Waals surface area contributed by atoms with E-state index in [2.05, 4.69) is 20.6 Å². The zero-order valence-corrected chi connectivity index (χ0v) is 12.4. The monoisotopic (exact) mass is 341 g/mol. The van der Waals surface area contributed by atoms with Gasteiger partial charge in [-0.05, 0) is 31.4 Å². The number of carbonyl (C=O) groups is 1. The van der Waals surface area contributed by atoms with Crippen LogP contribution in [0.3, 0.4) is 0 Å². The predicted molar refractivity (Wildman–Crippen MR) is 75.3 cm³/mol. The first-order valence-corrected chi connectivity index (χ1v) is 7.23. The molecule has 0 aromatic carbocycles. The van der Waals surface area contributed by atoms with Gasteiger partial charge in [0.1, 0.15) is 0 Å². The fraction of sp³-hybridized carbons (Fsp3) is 0.429. The van der Waals surface area contributed by atoms with Crippen LogP contribution in [0, 0.1) is 0 Å². The van der Waals surface area contributed by atoms with Crippen LogP contribution in [0.1, 0.15) is 35.3 Å². The van der Waals surface area contributed by atoms with Crippen molar-refractivity contribution in [3.63, 3.8) is 0 Å². The molecule has 1 saturated carbocycles. The zero-order valence-electron chi connectivity index (χ0n) is 12.4. The molecule has 0 bridgehead atoms. The molecule has 128 valence electrons. The molecular formula is C14H14F3N5O2. The summed E-state index contributed by atoms with van der Waals surface area (Å²) in [5.41, 5.74) is -1.75. The molecule has 2 N–H and O–H groups in total. The van der Waals surface area contributed by atoms with Crippen molar-refractivity contribution in [1.29, 1.82) is 0 Å². The lowest BCUT2D eigenvalue weighted by Crippen LogP contribution is -2.47. The fourth-order valence-electron chi connectivity index (χ4n) is 2.27. The van der Waals surface area contributed by atoms with Crippen LogP contribution in [0.25, 0.3) is 5.82 Å². The lowest BCUT2D eigenvalue weighted by atomic mass is 9.80. The number of hydrogen-bond acceptors (Lipinski definition) is 5. The highest BCUT2D eigenvalue weighted by Crippen LogP contribution is 2.30. The predicted octanol–water partition coefficient (Wildman–Crippen LogP) is 1.33. The standard InChI is InChI=1S/C14H14F3N5O2/c15-14(16,17)9-2-3-11(18-6-9)22-7-10(20-21-22)12(23)19-8-13(24)4-1-5-13/h2-3,6-7,24H,1,4-5,8H2,(H,19,23). The second-order valence-electron chi connectivity index (χ2n) is 5.71. The summed E-state index contributed by atoms with van der Waals surface area (Å²) in [6.07, 6.45) is -0.341. The maximum atomic E-state index is 12.5. The van der Waals surface area contributed by atoms with E-state index in [1.807, 2.05) is 0 Å². The average Bonchev–Trinajstić information content (AvgIpc) is 3.00. The minimum Gasteiger partial charge on any atom is -0.388 e. The van der Waals surface area contributed by atoms with Gasteiger partial charge >= 0.3 is 6.18 Å². The Morgan fingerprint density at radius 2 is 2.12 bits per heavy atom. The summed E-state index contributed by atoms with van der Waals surface area (Å²) in [6, 6.07) is 2.01. The number of pyridine rings is 1. The highest BCUT2D eigenvalue weighted by atomic mass is 19.4. The van der Waals surface area contributed by atoms with Gasteiger partial charge in [-0.25, -0.2) is 9.67 Å². The molecule has 1 amide bonds. The second kappa shape index (κ2) is 5.86. The van der Waals surface area contributed by atoms with Crippen LogP contribution < -0.4 is 5.32 Å². The number of amides is 1. The Bertz CT molecular complexity index is 738. The van der Waals surface area contributed by atoms with Gasteiger partial charge in [-0.3, -0.25) is 4.79 Å². The minimum absolute atomic E-state index is 0.0142. The van der Waals surface area contributed by atoms with E-state index in [1.165, 1.54) is 6.20 Å². The van der Waals surface area contributed by atoms with Crippen LogP contribution in [0.4, 0.5) is 13.2 Å². The molecule has 2 heterocycles. The molecule has 0 aliphatic heterocycles. The molecule has 0 spiro atoms. The molecule has 2 aromatic heterocycles. The van der Waals surface area contributed by atoms with Crippen LogP contribution >= 0.6 is 0 Å². The Hall–Kier alpha value is -2.49. The number of nitrogens with one attached hydrogen (secondary N) is 1. The van der Waals surface area contributed by atoms with E-state index < -0.39 is 23.2 Å². The number of aliphatic hydroxyl groups is 1. The van der Waals surface area contributed by atoms with Gasteiger partial charge in [-0.2, -0.15) is 13.2 Å². The van der Waals surface area contributed by atoms with Gasteiger partial charge < -0.3 is 10.4 Å². The smallest absolute Gasteiger partial charge is 0.388 e. The third-order valence-corrected chi connectivity index (χ3v) is 3.90. The molecule has 3 rings (SSSR count). The molecule has 10 heteroatoms. The zero-order chi connectivity index (χ0) is 17.4. The van der Waals surface area contributed by atoms with E-state index in [0.29, 0.717) is 19.0 Å². The topological polar surface area (TPSA) is 92.9 Å². The molecule has 0 saturated heterocycles. The quantitative estimate of drug-likeness (QED) is 0.875. The minimum atomic E-state index is -4.47. The number of nitrogens with zero attached hydrogens (tertiary/aromatic N) is 4. The summed E-state index contributed by atoms with van der Waals surface area (Å²) in [5, 5.41) is 19.8. The molecule has 24 heavy (non-hydrogen) atoms. The summed E-state index contributed by atoms with van der Waals surface area (Å²) in [5.74, 6) is -0.416.